The van der Waals surface area contributed by atoms with Crippen LogP contribution in [0.15, 0.2) is 79.3 Å². The maximum absolute atomic E-state index is 12.4. The van der Waals surface area contributed by atoms with Crippen molar-refractivity contribution in [3.8, 4) is 22.4 Å². The molecule has 0 aliphatic rings. The van der Waals surface area contributed by atoms with E-state index in [1.165, 1.54) is 6.92 Å². The van der Waals surface area contributed by atoms with Crippen molar-refractivity contribution < 1.29 is 9.59 Å². The van der Waals surface area contributed by atoms with Crippen molar-refractivity contribution in [2.45, 2.75) is 6.92 Å². The average Bonchev–Trinajstić information content (AvgIpc) is 3.25. The second-order valence-corrected chi connectivity index (χ2v) is 6.69. The van der Waals surface area contributed by atoms with Gasteiger partial charge in [0, 0.05) is 40.5 Å². The molecule has 2 aromatic heterocycles. The highest BCUT2D eigenvalue weighted by atomic mass is 16.2. The second-order valence-electron chi connectivity index (χ2n) is 6.69. The quantitative estimate of drug-likeness (QED) is 0.413. The Morgan fingerprint density at radius 3 is 2.30 bits per heavy atom. The van der Waals surface area contributed by atoms with Gasteiger partial charge >= 0.3 is 6.03 Å². The maximum atomic E-state index is 12.4. The van der Waals surface area contributed by atoms with Crippen molar-refractivity contribution >= 4 is 23.2 Å². The topological polar surface area (TPSA) is 99.8 Å². The highest BCUT2D eigenvalue weighted by Gasteiger charge is 2.11. The summed E-state index contributed by atoms with van der Waals surface area (Å²) in [6, 6.07) is 17.7. The van der Waals surface area contributed by atoms with Crippen molar-refractivity contribution in [2.24, 2.45) is 0 Å². The van der Waals surface area contributed by atoms with Gasteiger partial charge in [0.25, 0.3) is 0 Å². The molecule has 0 saturated heterocycles. The first-order chi connectivity index (χ1) is 14.6. The van der Waals surface area contributed by atoms with Crippen LogP contribution >= 0.6 is 0 Å². The number of benzene rings is 2. The number of pyridine rings is 1. The summed E-state index contributed by atoms with van der Waals surface area (Å²) in [6.07, 6.45) is 5.23. The number of urea groups is 1. The third-order valence-electron chi connectivity index (χ3n) is 4.57. The molecule has 0 atom stereocenters. The molecular weight excluding hydrogens is 378 g/mol. The molecule has 148 valence electrons. The van der Waals surface area contributed by atoms with Crippen LogP contribution in [0, 0.1) is 0 Å². The smallest absolute Gasteiger partial charge is 0.308 e. The molecule has 7 heteroatoms. The summed E-state index contributed by atoms with van der Waals surface area (Å²) in [4.78, 5) is 28.0. The predicted molar refractivity (Wildman–Crippen MR) is 116 cm³/mol. The van der Waals surface area contributed by atoms with E-state index in [9.17, 15) is 9.59 Å². The zero-order valence-corrected chi connectivity index (χ0v) is 16.2. The zero-order valence-electron chi connectivity index (χ0n) is 16.2. The minimum absolute atomic E-state index is 0.0590. The van der Waals surface area contributed by atoms with Crippen LogP contribution < -0.4 is 10.6 Å². The molecule has 0 unspecified atom stereocenters. The van der Waals surface area contributed by atoms with Gasteiger partial charge in [-0.3, -0.25) is 14.9 Å². The largest absolute Gasteiger partial charge is 0.323 e. The average molecular weight is 397 g/mol. The van der Waals surface area contributed by atoms with E-state index in [1.807, 2.05) is 30.3 Å². The van der Waals surface area contributed by atoms with Crippen molar-refractivity contribution in [1.29, 1.82) is 0 Å². The number of carbonyl (C=O) groups excluding carboxylic acids is 2. The zero-order chi connectivity index (χ0) is 20.9. The molecule has 0 fully saturated rings. The van der Waals surface area contributed by atoms with Crippen LogP contribution in [0.1, 0.15) is 17.3 Å². The van der Waals surface area contributed by atoms with E-state index < -0.39 is 6.03 Å². The molecule has 2 amide bonds. The van der Waals surface area contributed by atoms with Crippen molar-refractivity contribution in [2.75, 3.05) is 10.6 Å². The van der Waals surface area contributed by atoms with Crippen LogP contribution in [0.2, 0.25) is 0 Å². The summed E-state index contributed by atoms with van der Waals surface area (Å²) in [5.74, 6) is -0.0590. The van der Waals surface area contributed by atoms with Crippen molar-refractivity contribution in [3.05, 3.63) is 84.8 Å². The number of hydrogen-bond donors (Lipinski definition) is 3. The van der Waals surface area contributed by atoms with E-state index in [4.69, 9.17) is 0 Å². The lowest BCUT2D eigenvalue weighted by Crippen LogP contribution is -2.19. The molecule has 0 bridgehead atoms. The van der Waals surface area contributed by atoms with Crippen LogP contribution in [0.3, 0.4) is 0 Å². The molecule has 0 aliphatic heterocycles. The summed E-state index contributed by atoms with van der Waals surface area (Å²) in [5, 5.41) is 12.8. The second kappa shape index (κ2) is 8.40. The van der Waals surface area contributed by atoms with E-state index in [0.29, 0.717) is 16.9 Å². The Labute approximate surface area is 173 Å². The first-order valence-corrected chi connectivity index (χ1v) is 9.33. The summed E-state index contributed by atoms with van der Waals surface area (Å²) in [5.41, 5.74) is 5.39. The van der Waals surface area contributed by atoms with Gasteiger partial charge in [-0.1, -0.05) is 24.3 Å². The summed E-state index contributed by atoms with van der Waals surface area (Å²) >= 11 is 0. The van der Waals surface area contributed by atoms with E-state index in [0.717, 1.165) is 22.4 Å². The molecule has 0 radical (unpaired) electrons. The molecule has 0 aliphatic carbocycles. The summed E-state index contributed by atoms with van der Waals surface area (Å²) in [7, 11) is 0. The lowest BCUT2D eigenvalue weighted by atomic mass is 10.0. The fraction of sp³-hybridized carbons (Fsp3) is 0.0435. The Morgan fingerprint density at radius 1 is 0.867 bits per heavy atom. The SMILES string of the molecule is CC(=O)c1cccc(NC(=O)Nc2cccc(-c3[nH]ncc3-c3ccncc3)c2)c1. The number of hydrogen-bond acceptors (Lipinski definition) is 4. The van der Waals surface area contributed by atoms with E-state index >= 15 is 0 Å². The molecule has 2 heterocycles. The number of nitrogens with zero attached hydrogens (tertiary/aromatic N) is 2. The van der Waals surface area contributed by atoms with Crippen LogP contribution in [0.4, 0.5) is 16.2 Å². The van der Waals surface area contributed by atoms with E-state index in [1.54, 1.807) is 48.9 Å². The number of Topliss-reactive ketones (excluding diaryl/α,β-unsaturated/α-hetero) is 1. The molecule has 30 heavy (non-hydrogen) atoms. The fourth-order valence-corrected chi connectivity index (χ4v) is 3.12. The van der Waals surface area contributed by atoms with Gasteiger partial charge in [-0.05, 0) is 48.9 Å². The van der Waals surface area contributed by atoms with Gasteiger partial charge in [-0.15, -0.1) is 0 Å². The van der Waals surface area contributed by atoms with Crippen molar-refractivity contribution in [3.63, 3.8) is 0 Å². The van der Waals surface area contributed by atoms with E-state index in [-0.39, 0.29) is 5.78 Å². The molecule has 4 rings (SSSR count). The number of rotatable bonds is 5. The van der Waals surface area contributed by atoms with Crippen LogP contribution in [0.5, 0.6) is 0 Å². The number of carbonyl (C=O) groups is 2. The predicted octanol–water partition coefficient (Wildman–Crippen LogP) is 4.99. The Kier molecular flexibility index (Phi) is 5.34. The molecule has 3 N–H and O–H groups in total. The number of aromatic amines is 1. The Bertz CT molecular complexity index is 1200. The number of nitrogens with one attached hydrogen (secondary N) is 3. The van der Waals surface area contributed by atoms with Gasteiger partial charge in [0.15, 0.2) is 5.78 Å². The normalized spacial score (nSPS) is 10.4. The lowest BCUT2D eigenvalue weighted by Gasteiger charge is -2.10. The third-order valence-corrected chi connectivity index (χ3v) is 4.57. The van der Waals surface area contributed by atoms with Crippen molar-refractivity contribution in [1.82, 2.24) is 15.2 Å². The molecule has 2 aromatic carbocycles. The monoisotopic (exact) mass is 397 g/mol. The van der Waals surface area contributed by atoms with Gasteiger partial charge in [0.05, 0.1) is 11.9 Å². The number of aromatic nitrogens is 3. The van der Waals surface area contributed by atoms with Gasteiger partial charge in [-0.25, -0.2) is 4.79 Å². The Hall–Kier alpha value is -4.26. The molecule has 4 aromatic rings. The number of anilines is 2. The first-order valence-electron chi connectivity index (χ1n) is 9.33. The third kappa shape index (κ3) is 4.25. The van der Waals surface area contributed by atoms with Crippen LogP contribution in [-0.2, 0) is 0 Å². The number of ketones is 1. The molecule has 0 spiro atoms. The summed E-state index contributed by atoms with van der Waals surface area (Å²) in [6.45, 7) is 1.49. The minimum Gasteiger partial charge on any atom is -0.308 e. The lowest BCUT2D eigenvalue weighted by molar-refractivity contribution is 0.101. The first kappa shape index (κ1) is 19.1. The van der Waals surface area contributed by atoms with Gasteiger partial charge in [0.2, 0.25) is 0 Å². The van der Waals surface area contributed by atoms with Gasteiger partial charge in [0.1, 0.15) is 0 Å². The van der Waals surface area contributed by atoms with E-state index in [2.05, 4.69) is 25.8 Å². The maximum Gasteiger partial charge on any atom is 0.323 e. The number of amides is 2. The highest BCUT2D eigenvalue weighted by Crippen LogP contribution is 2.31. The van der Waals surface area contributed by atoms with Crippen LogP contribution in [-0.4, -0.2) is 27.0 Å². The standard InChI is InChI=1S/C23H19N5O2/c1-15(29)17-4-2-6-19(12-17)26-23(30)27-20-7-3-5-18(13-20)22-21(14-25-28-22)16-8-10-24-11-9-16/h2-14H,1H3,(H,25,28)(H2,26,27,30). The molecule has 7 nitrogen and oxygen atoms in total. The van der Waals surface area contributed by atoms with Crippen LogP contribution in [0.25, 0.3) is 22.4 Å². The molecule has 0 saturated carbocycles. The minimum atomic E-state index is -0.396. The Morgan fingerprint density at radius 2 is 1.57 bits per heavy atom. The summed E-state index contributed by atoms with van der Waals surface area (Å²) < 4.78 is 0. The van der Waals surface area contributed by atoms with Gasteiger partial charge in [-0.2, -0.15) is 5.10 Å². The van der Waals surface area contributed by atoms with Gasteiger partial charge < -0.3 is 10.6 Å². The highest BCUT2D eigenvalue weighted by molar-refractivity contribution is 6.01. The Balaban J connectivity index is 1.52. The number of H-pyrrole nitrogens is 1. The molecular formula is C23H19N5O2. The fourth-order valence-electron chi connectivity index (χ4n) is 3.12.